The molecule has 110 valence electrons. The topological polar surface area (TPSA) is 92.4 Å². The summed E-state index contributed by atoms with van der Waals surface area (Å²) in [6, 6.07) is 2.74. The zero-order valence-electron chi connectivity index (χ0n) is 11.3. The lowest BCUT2D eigenvalue weighted by Crippen LogP contribution is -2.33. The smallest absolute Gasteiger partial charge is 0.321 e. The third kappa shape index (κ3) is 5.03. The molecule has 1 amide bonds. The van der Waals surface area contributed by atoms with Gasteiger partial charge in [-0.25, -0.2) is 0 Å². The van der Waals surface area contributed by atoms with Crippen LogP contribution in [0, 0.1) is 13.8 Å². The van der Waals surface area contributed by atoms with Crippen LogP contribution in [0.15, 0.2) is 12.1 Å². The first kappa shape index (κ1) is 16.8. The molecule has 7 heteroatoms. The van der Waals surface area contributed by atoms with Crippen molar-refractivity contribution in [3.63, 3.8) is 0 Å². The molecule has 0 bridgehead atoms. The minimum Gasteiger partial charge on any atom is -0.480 e. The first-order chi connectivity index (χ1) is 9.31. The van der Waals surface area contributed by atoms with E-state index in [1.807, 2.05) is 19.9 Å². The number of halogens is 1. The van der Waals surface area contributed by atoms with Gasteiger partial charge in [-0.05, 0) is 31.0 Å². The molecule has 0 radical (unpaired) electrons. The standard InChI is InChI=1S/C13H17ClN2O3S/c1-7-3-8(2)12(9(14)4-7)16-11(17)6-20-5-10(15)13(18)19/h3-4,10H,5-6,15H2,1-2H3,(H,16,17)(H,18,19)/t10-/m0/s1. The molecule has 20 heavy (non-hydrogen) atoms. The maximum Gasteiger partial charge on any atom is 0.321 e. The van der Waals surface area contributed by atoms with Gasteiger partial charge in [-0.2, -0.15) is 0 Å². The Morgan fingerprint density at radius 3 is 2.65 bits per heavy atom. The predicted octanol–water partition coefficient (Wildman–Crippen LogP) is 2.04. The highest BCUT2D eigenvalue weighted by Crippen LogP contribution is 2.27. The van der Waals surface area contributed by atoms with Gasteiger partial charge in [0.2, 0.25) is 5.91 Å². The van der Waals surface area contributed by atoms with Crippen molar-refractivity contribution in [2.24, 2.45) is 5.73 Å². The SMILES string of the molecule is Cc1cc(C)c(NC(=O)CSC[C@H](N)C(=O)O)c(Cl)c1. The van der Waals surface area contributed by atoms with E-state index in [0.717, 1.165) is 11.1 Å². The number of carboxylic acids is 1. The summed E-state index contributed by atoms with van der Waals surface area (Å²) in [5.41, 5.74) is 7.84. The highest BCUT2D eigenvalue weighted by molar-refractivity contribution is 8.00. The Morgan fingerprint density at radius 1 is 1.45 bits per heavy atom. The maximum absolute atomic E-state index is 11.8. The minimum absolute atomic E-state index is 0.130. The largest absolute Gasteiger partial charge is 0.480 e. The van der Waals surface area contributed by atoms with Gasteiger partial charge in [0.15, 0.2) is 0 Å². The summed E-state index contributed by atoms with van der Waals surface area (Å²) >= 11 is 7.26. The molecule has 0 aliphatic rings. The van der Waals surface area contributed by atoms with Gasteiger partial charge in [0.25, 0.3) is 0 Å². The molecule has 4 N–H and O–H groups in total. The van der Waals surface area contributed by atoms with Gasteiger partial charge in [-0.3, -0.25) is 9.59 Å². The summed E-state index contributed by atoms with van der Waals surface area (Å²) in [5, 5.41) is 11.8. The normalized spacial score (nSPS) is 12.0. The van der Waals surface area contributed by atoms with E-state index in [4.69, 9.17) is 22.4 Å². The van der Waals surface area contributed by atoms with E-state index in [1.54, 1.807) is 6.07 Å². The van der Waals surface area contributed by atoms with Crippen LogP contribution in [0.4, 0.5) is 5.69 Å². The molecule has 0 heterocycles. The summed E-state index contributed by atoms with van der Waals surface area (Å²) in [6.07, 6.45) is 0. The van der Waals surface area contributed by atoms with Gasteiger partial charge >= 0.3 is 5.97 Å². The number of nitrogens with two attached hydrogens (primary N) is 1. The van der Waals surface area contributed by atoms with Crippen LogP contribution >= 0.6 is 23.4 Å². The summed E-state index contributed by atoms with van der Waals surface area (Å²) in [5.74, 6) is -0.995. The zero-order valence-corrected chi connectivity index (χ0v) is 12.8. The number of amides is 1. The van der Waals surface area contributed by atoms with E-state index in [2.05, 4.69) is 5.32 Å². The average molecular weight is 317 g/mol. The molecule has 1 rings (SSSR count). The van der Waals surface area contributed by atoms with Gasteiger partial charge in [0.05, 0.1) is 16.5 Å². The first-order valence-electron chi connectivity index (χ1n) is 5.94. The number of hydrogen-bond acceptors (Lipinski definition) is 4. The fourth-order valence-corrected chi connectivity index (χ4v) is 2.74. The third-order valence-electron chi connectivity index (χ3n) is 2.54. The number of carbonyl (C=O) groups is 2. The molecule has 1 atom stereocenters. The number of hydrogen-bond donors (Lipinski definition) is 3. The molecule has 0 saturated carbocycles. The summed E-state index contributed by atoms with van der Waals surface area (Å²) in [6.45, 7) is 3.79. The molecule has 5 nitrogen and oxygen atoms in total. The predicted molar refractivity (Wildman–Crippen MR) is 82.5 cm³/mol. The molecule has 0 aliphatic heterocycles. The summed E-state index contributed by atoms with van der Waals surface area (Å²) in [4.78, 5) is 22.3. The highest BCUT2D eigenvalue weighted by atomic mass is 35.5. The van der Waals surface area contributed by atoms with Crippen LogP contribution in [0.2, 0.25) is 5.02 Å². The van der Waals surface area contributed by atoms with Gasteiger partial charge in [0.1, 0.15) is 6.04 Å². The second-order valence-corrected chi connectivity index (χ2v) is 5.88. The molecule has 0 unspecified atom stereocenters. The van der Waals surface area contributed by atoms with Crippen LogP contribution in [0.25, 0.3) is 0 Å². The van der Waals surface area contributed by atoms with Crippen LogP contribution < -0.4 is 11.1 Å². The van der Waals surface area contributed by atoms with E-state index in [0.29, 0.717) is 10.7 Å². The number of aliphatic carboxylic acids is 1. The van der Waals surface area contributed by atoms with Crippen LogP contribution in [0.5, 0.6) is 0 Å². The molecule has 0 aliphatic carbocycles. The molecular weight excluding hydrogens is 300 g/mol. The van der Waals surface area contributed by atoms with Crippen molar-refractivity contribution in [1.82, 2.24) is 0 Å². The second kappa shape index (κ2) is 7.52. The monoisotopic (exact) mass is 316 g/mol. The van der Waals surface area contributed by atoms with E-state index < -0.39 is 12.0 Å². The van der Waals surface area contributed by atoms with E-state index in [1.165, 1.54) is 11.8 Å². The van der Waals surface area contributed by atoms with Gasteiger partial charge in [0, 0.05) is 5.75 Å². The van der Waals surface area contributed by atoms with Gasteiger partial charge < -0.3 is 16.2 Å². The average Bonchev–Trinajstić information content (AvgIpc) is 2.33. The quantitative estimate of drug-likeness (QED) is 0.747. The van der Waals surface area contributed by atoms with E-state index >= 15 is 0 Å². The molecule has 0 saturated heterocycles. The molecule has 0 fully saturated rings. The number of rotatable bonds is 6. The lowest BCUT2D eigenvalue weighted by molar-refractivity contribution is -0.137. The number of anilines is 1. The lowest BCUT2D eigenvalue weighted by atomic mass is 10.1. The maximum atomic E-state index is 11.8. The van der Waals surface area contributed by atoms with Crippen molar-refractivity contribution < 1.29 is 14.7 Å². The Hall–Kier alpha value is -1.24. The van der Waals surface area contributed by atoms with Crippen molar-refractivity contribution in [3.8, 4) is 0 Å². The summed E-state index contributed by atoms with van der Waals surface area (Å²) < 4.78 is 0. The van der Waals surface area contributed by atoms with Crippen molar-refractivity contribution in [3.05, 3.63) is 28.3 Å². The van der Waals surface area contributed by atoms with Crippen molar-refractivity contribution in [1.29, 1.82) is 0 Å². The lowest BCUT2D eigenvalue weighted by Gasteiger charge is -2.12. The van der Waals surface area contributed by atoms with Crippen molar-refractivity contribution in [2.45, 2.75) is 19.9 Å². The Labute approximate surface area is 126 Å². The molecule has 1 aromatic rings. The van der Waals surface area contributed by atoms with Crippen LogP contribution in [0.1, 0.15) is 11.1 Å². The van der Waals surface area contributed by atoms with Crippen LogP contribution in [-0.2, 0) is 9.59 Å². The molecule has 1 aromatic carbocycles. The Kier molecular flexibility index (Phi) is 6.32. The number of nitrogens with one attached hydrogen (secondary N) is 1. The highest BCUT2D eigenvalue weighted by Gasteiger charge is 2.13. The molecule has 0 aromatic heterocycles. The second-order valence-electron chi connectivity index (χ2n) is 4.45. The Balaban J connectivity index is 2.53. The fourth-order valence-electron chi connectivity index (χ4n) is 1.60. The third-order valence-corrected chi connectivity index (χ3v) is 3.90. The van der Waals surface area contributed by atoms with Crippen molar-refractivity contribution >= 4 is 40.9 Å². The summed E-state index contributed by atoms with van der Waals surface area (Å²) in [7, 11) is 0. The Bertz CT molecular complexity index is 499. The fraction of sp³-hybridized carbons (Fsp3) is 0.385. The Morgan fingerprint density at radius 2 is 2.10 bits per heavy atom. The van der Waals surface area contributed by atoms with Crippen LogP contribution in [0.3, 0.4) is 0 Å². The number of benzene rings is 1. The van der Waals surface area contributed by atoms with Crippen LogP contribution in [-0.4, -0.2) is 34.5 Å². The van der Waals surface area contributed by atoms with Gasteiger partial charge in [-0.15, -0.1) is 11.8 Å². The van der Waals surface area contributed by atoms with E-state index in [9.17, 15) is 9.59 Å². The number of thioether (sulfide) groups is 1. The van der Waals surface area contributed by atoms with Gasteiger partial charge in [-0.1, -0.05) is 17.7 Å². The molecular formula is C13H17ClN2O3S. The number of carboxylic acid groups (broad SMARTS) is 1. The number of aryl methyl sites for hydroxylation is 2. The zero-order chi connectivity index (χ0) is 15.3. The van der Waals surface area contributed by atoms with E-state index in [-0.39, 0.29) is 17.4 Å². The number of carbonyl (C=O) groups excluding carboxylic acids is 1. The first-order valence-corrected chi connectivity index (χ1v) is 7.47. The minimum atomic E-state index is -1.07. The molecule has 0 spiro atoms. The van der Waals surface area contributed by atoms with Crippen molar-refractivity contribution in [2.75, 3.05) is 16.8 Å².